The highest BCUT2D eigenvalue weighted by Gasteiger charge is 2.44. The lowest BCUT2D eigenvalue weighted by atomic mass is 10.0. The lowest BCUT2D eigenvalue weighted by Crippen LogP contribution is -2.28. The first-order valence-electron chi connectivity index (χ1n) is 8.79. The van der Waals surface area contributed by atoms with Gasteiger partial charge in [-0.1, -0.05) is 30.3 Å². The monoisotopic (exact) mass is 323 g/mol. The fraction of sp³-hybridized carbons (Fsp3) is 0.381. The van der Waals surface area contributed by atoms with E-state index >= 15 is 0 Å². The molecule has 2 aliphatic carbocycles. The molecule has 0 bridgehead atoms. The molecule has 3 unspecified atom stereocenters. The minimum absolute atomic E-state index is 0.0113. The zero-order valence-corrected chi connectivity index (χ0v) is 13.9. The lowest BCUT2D eigenvalue weighted by molar-refractivity contribution is -0.123. The van der Waals surface area contributed by atoms with E-state index in [9.17, 15) is 9.18 Å². The third-order valence-corrected chi connectivity index (χ3v) is 5.39. The molecule has 24 heavy (non-hydrogen) atoms. The number of rotatable bonds is 4. The fourth-order valence-corrected chi connectivity index (χ4v) is 3.86. The van der Waals surface area contributed by atoms with Gasteiger partial charge in [-0.15, -0.1) is 0 Å². The van der Waals surface area contributed by atoms with E-state index in [4.69, 9.17) is 0 Å². The average Bonchev–Trinajstić information content (AvgIpc) is 3.24. The predicted octanol–water partition coefficient (Wildman–Crippen LogP) is 4.30. The van der Waals surface area contributed by atoms with Crippen molar-refractivity contribution < 1.29 is 9.18 Å². The second-order valence-electron chi connectivity index (χ2n) is 7.12. The smallest absolute Gasteiger partial charge is 0.224 e. The number of amides is 1. The first-order valence-corrected chi connectivity index (χ1v) is 8.79. The van der Waals surface area contributed by atoms with Crippen LogP contribution in [0, 0.1) is 11.7 Å². The van der Waals surface area contributed by atoms with Crippen LogP contribution in [0.25, 0.3) is 0 Å². The van der Waals surface area contributed by atoms with Gasteiger partial charge >= 0.3 is 0 Å². The van der Waals surface area contributed by atoms with Crippen molar-refractivity contribution in [3.05, 3.63) is 70.5 Å². The van der Waals surface area contributed by atoms with Gasteiger partial charge < -0.3 is 5.32 Å². The molecule has 1 amide bonds. The van der Waals surface area contributed by atoms with Crippen molar-refractivity contribution in [2.24, 2.45) is 5.92 Å². The molecule has 0 saturated heterocycles. The summed E-state index contributed by atoms with van der Waals surface area (Å²) in [6, 6.07) is 13.2. The quantitative estimate of drug-likeness (QED) is 0.893. The topological polar surface area (TPSA) is 29.1 Å². The molecular weight excluding hydrogens is 301 g/mol. The van der Waals surface area contributed by atoms with Gasteiger partial charge in [0.05, 0.1) is 6.04 Å². The van der Waals surface area contributed by atoms with Crippen molar-refractivity contribution in [3.8, 4) is 0 Å². The summed E-state index contributed by atoms with van der Waals surface area (Å²) < 4.78 is 13.3. The van der Waals surface area contributed by atoms with Gasteiger partial charge in [0.2, 0.25) is 5.91 Å². The van der Waals surface area contributed by atoms with Crippen LogP contribution in [0.15, 0.2) is 42.5 Å². The molecule has 0 aromatic heterocycles. The number of halogens is 1. The Morgan fingerprint density at radius 1 is 1.17 bits per heavy atom. The highest BCUT2D eigenvalue weighted by Crippen LogP contribution is 2.47. The molecule has 0 radical (unpaired) electrons. The SMILES string of the molecule is CC(NC(=O)C1CC1c1cccc(F)c1)c1ccc2c(c1)CCC2. The molecule has 2 aromatic carbocycles. The zero-order valence-electron chi connectivity index (χ0n) is 13.9. The molecule has 0 aliphatic heterocycles. The van der Waals surface area contributed by atoms with Crippen LogP contribution >= 0.6 is 0 Å². The molecule has 2 aliphatic rings. The lowest BCUT2D eigenvalue weighted by Gasteiger charge is -2.16. The Labute approximate surface area is 142 Å². The maximum atomic E-state index is 13.3. The van der Waals surface area contributed by atoms with Crippen LogP contribution in [0.2, 0.25) is 0 Å². The van der Waals surface area contributed by atoms with Gasteiger partial charge in [0, 0.05) is 5.92 Å². The van der Waals surface area contributed by atoms with Crippen molar-refractivity contribution in [1.82, 2.24) is 5.32 Å². The molecule has 1 N–H and O–H groups in total. The Hall–Kier alpha value is -2.16. The van der Waals surface area contributed by atoms with Crippen LogP contribution in [0.5, 0.6) is 0 Å². The van der Waals surface area contributed by atoms with Crippen LogP contribution in [-0.4, -0.2) is 5.91 Å². The number of nitrogens with one attached hydrogen (secondary N) is 1. The molecule has 0 spiro atoms. The maximum absolute atomic E-state index is 13.3. The summed E-state index contributed by atoms with van der Waals surface area (Å²) in [5.41, 5.74) is 4.98. The third kappa shape index (κ3) is 2.95. The number of hydrogen-bond donors (Lipinski definition) is 1. The van der Waals surface area contributed by atoms with E-state index in [1.807, 2.05) is 13.0 Å². The highest BCUT2D eigenvalue weighted by atomic mass is 19.1. The Morgan fingerprint density at radius 3 is 2.83 bits per heavy atom. The highest BCUT2D eigenvalue weighted by molar-refractivity contribution is 5.83. The van der Waals surface area contributed by atoms with Crippen molar-refractivity contribution in [3.63, 3.8) is 0 Å². The zero-order chi connectivity index (χ0) is 16.7. The van der Waals surface area contributed by atoms with E-state index in [1.165, 1.54) is 35.6 Å². The first-order chi connectivity index (χ1) is 11.6. The van der Waals surface area contributed by atoms with Gasteiger partial charge in [-0.05, 0) is 72.9 Å². The summed E-state index contributed by atoms with van der Waals surface area (Å²) in [4.78, 5) is 12.5. The van der Waals surface area contributed by atoms with Gasteiger partial charge in [-0.3, -0.25) is 4.79 Å². The molecule has 4 rings (SSSR count). The van der Waals surface area contributed by atoms with Crippen LogP contribution < -0.4 is 5.32 Å². The van der Waals surface area contributed by atoms with E-state index in [0.29, 0.717) is 0 Å². The molecule has 0 heterocycles. The largest absolute Gasteiger partial charge is 0.349 e. The van der Waals surface area contributed by atoms with Crippen molar-refractivity contribution in [2.75, 3.05) is 0 Å². The van der Waals surface area contributed by atoms with Gasteiger partial charge in [-0.2, -0.15) is 0 Å². The summed E-state index contributed by atoms with van der Waals surface area (Å²) in [5.74, 6) is -0.0149. The molecule has 2 aromatic rings. The molecular formula is C21H22FNO. The number of fused-ring (bicyclic) bond motifs is 1. The minimum Gasteiger partial charge on any atom is -0.349 e. The Kier molecular flexibility index (Phi) is 3.87. The third-order valence-electron chi connectivity index (χ3n) is 5.39. The van der Waals surface area contributed by atoms with Crippen LogP contribution in [0.1, 0.15) is 54.0 Å². The predicted molar refractivity (Wildman–Crippen MR) is 92.3 cm³/mol. The second-order valence-corrected chi connectivity index (χ2v) is 7.12. The second kappa shape index (κ2) is 6.04. The van der Waals surface area contributed by atoms with Gasteiger partial charge in [0.25, 0.3) is 0 Å². The number of aryl methyl sites for hydroxylation is 2. The van der Waals surface area contributed by atoms with E-state index in [2.05, 4.69) is 23.5 Å². The fourth-order valence-electron chi connectivity index (χ4n) is 3.86. The number of benzene rings is 2. The van der Waals surface area contributed by atoms with Gasteiger partial charge in [0.15, 0.2) is 0 Å². The average molecular weight is 323 g/mol. The summed E-state index contributed by atoms with van der Waals surface area (Å²) in [5, 5.41) is 3.13. The molecule has 1 saturated carbocycles. The van der Waals surface area contributed by atoms with Crippen molar-refractivity contribution in [1.29, 1.82) is 0 Å². The summed E-state index contributed by atoms with van der Waals surface area (Å²) >= 11 is 0. The Balaban J connectivity index is 1.40. The molecule has 3 heteroatoms. The van der Waals surface area contributed by atoms with Crippen LogP contribution in [0.3, 0.4) is 0 Å². The Morgan fingerprint density at radius 2 is 2.00 bits per heavy atom. The number of carbonyl (C=O) groups excluding carboxylic acids is 1. The maximum Gasteiger partial charge on any atom is 0.224 e. The molecule has 1 fully saturated rings. The normalized spacial score (nSPS) is 22.8. The molecule has 2 nitrogen and oxygen atoms in total. The summed E-state index contributed by atoms with van der Waals surface area (Å²) in [7, 11) is 0. The van der Waals surface area contributed by atoms with Gasteiger partial charge in [-0.25, -0.2) is 4.39 Å². The number of hydrogen-bond acceptors (Lipinski definition) is 1. The number of carbonyl (C=O) groups is 1. The van der Waals surface area contributed by atoms with E-state index in [1.54, 1.807) is 12.1 Å². The molecule has 3 atom stereocenters. The summed E-state index contributed by atoms with van der Waals surface area (Å²) in [6.07, 6.45) is 4.37. The summed E-state index contributed by atoms with van der Waals surface area (Å²) in [6.45, 7) is 2.04. The standard InChI is InChI=1S/C21H22FNO/c1-13(15-9-8-14-4-2-5-16(14)10-15)23-21(24)20-12-19(20)17-6-3-7-18(22)11-17/h3,6-11,13,19-20H,2,4-5,12H2,1H3,(H,23,24). The van der Waals surface area contributed by atoms with E-state index in [-0.39, 0.29) is 29.6 Å². The van der Waals surface area contributed by atoms with E-state index < -0.39 is 0 Å². The van der Waals surface area contributed by atoms with Crippen molar-refractivity contribution in [2.45, 2.75) is 44.6 Å². The van der Waals surface area contributed by atoms with Crippen LogP contribution in [-0.2, 0) is 17.6 Å². The van der Waals surface area contributed by atoms with Crippen molar-refractivity contribution >= 4 is 5.91 Å². The van der Waals surface area contributed by atoms with Crippen LogP contribution in [0.4, 0.5) is 4.39 Å². The first kappa shape index (κ1) is 15.4. The Bertz CT molecular complexity index is 785. The van der Waals surface area contributed by atoms with Gasteiger partial charge in [0.1, 0.15) is 5.82 Å². The minimum atomic E-state index is -0.231. The molecule has 124 valence electrons. The van der Waals surface area contributed by atoms with E-state index in [0.717, 1.165) is 18.4 Å².